The molecule has 4 heteroatoms. The van der Waals surface area contributed by atoms with E-state index in [9.17, 15) is 0 Å². The maximum atomic E-state index is 2.23. The van der Waals surface area contributed by atoms with Gasteiger partial charge in [0.2, 0.25) is 0 Å². The summed E-state index contributed by atoms with van der Waals surface area (Å²) in [5.74, 6) is 2.50. The lowest BCUT2D eigenvalue weighted by Crippen LogP contribution is -2.15. The minimum Gasteiger partial charge on any atom is -0.309 e. The van der Waals surface area contributed by atoms with Gasteiger partial charge < -0.3 is 9.80 Å². The third kappa shape index (κ3) is 12.6. The fourth-order valence-electron chi connectivity index (χ4n) is 0.671. The molecule has 80 valence electrons. The zero-order valence-electron chi connectivity index (χ0n) is 9.25. The molecule has 0 radical (unpaired) electrons. The molecule has 0 bridgehead atoms. The van der Waals surface area contributed by atoms with Crippen LogP contribution < -0.4 is 0 Å². The van der Waals surface area contributed by atoms with E-state index in [1.165, 1.54) is 29.7 Å². The number of rotatable bonds is 8. The lowest BCUT2D eigenvalue weighted by atomic mass is 10.7. The Balaban J connectivity index is 2.92. The molecule has 0 rings (SSSR count). The van der Waals surface area contributed by atoms with Gasteiger partial charge in [-0.15, -0.1) is 23.5 Å². The van der Waals surface area contributed by atoms with Crippen LogP contribution in [0.1, 0.15) is 0 Å². The summed E-state index contributed by atoms with van der Waals surface area (Å²) < 4.78 is 0. The summed E-state index contributed by atoms with van der Waals surface area (Å²) in [7, 11) is 8.50. The van der Waals surface area contributed by atoms with Crippen LogP contribution in [0.25, 0.3) is 0 Å². The van der Waals surface area contributed by atoms with E-state index < -0.39 is 0 Å². The summed E-state index contributed by atoms with van der Waals surface area (Å²) in [5.41, 5.74) is 0. The maximum absolute atomic E-state index is 2.23. The molecule has 0 spiro atoms. The van der Waals surface area contributed by atoms with Crippen molar-refractivity contribution in [2.75, 3.05) is 57.9 Å². The predicted octanol–water partition coefficient (Wildman–Crippen LogP) is 1.53. The Labute approximate surface area is 91.4 Å². The Hall–Kier alpha value is 0.620. The minimum absolute atomic E-state index is 1.19. The average Bonchev–Trinajstić information content (AvgIpc) is 2.01. The highest BCUT2D eigenvalue weighted by atomic mass is 32.2. The Kier molecular flexibility index (Phi) is 9.62. The molecule has 0 aromatic carbocycles. The lowest BCUT2D eigenvalue weighted by molar-refractivity contribution is 0.437. The van der Waals surface area contributed by atoms with Gasteiger partial charge in [0.05, 0.1) is 0 Å². The normalized spacial score (nSPS) is 11.5. The van der Waals surface area contributed by atoms with Crippen molar-refractivity contribution in [3.63, 3.8) is 0 Å². The van der Waals surface area contributed by atoms with Gasteiger partial charge in [0.15, 0.2) is 0 Å². The number of nitrogens with zero attached hydrogens (tertiary/aromatic N) is 2. The Bertz CT molecular complexity index is 95.8. The molecule has 0 heterocycles. The molecule has 0 fully saturated rings. The Morgan fingerprint density at radius 2 is 1.15 bits per heavy atom. The molecule has 0 aliphatic heterocycles. The highest BCUT2D eigenvalue weighted by Gasteiger charge is 1.93. The van der Waals surface area contributed by atoms with E-state index in [1.807, 2.05) is 23.5 Å². The van der Waals surface area contributed by atoms with Gasteiger partial charge in [0.25, 0.3) is 0 Å². The first-order valence-corrected chi connectivity index (χ1v) is 6.89. The molecule has 0 N–H and O–H groups in total. The molecule has 0 aromatic rings. The van der Waals surface area contributed by atoms with Crippen LogP contribution in [0, 0.1) is 0 Å². The van der Waals surface area contributed by atoms with E-state index in [2.05, 4.69) is 38.0 Å². The predicted molar refractivity (Wildman–Crippen MR) is 66.9 cm³/mol. The molecule has 0 unspecified atom stereocenters. The summed E-state index contributed by atoms with van der Waals surface area (Å²) >= 11 is 4.07. The zero-order chi connectivity index (χ0) is 10.1. The van der Waals surface area contributed by atoms with Crippen molar-refractivity contribution >= 4 is 23.5 Å². The molecule has 0 saturated carbocycles. The third-order valence-electron chi connectivity index (χ3n) is 1.53. The fourth-order valence-corrected chi connectivity index (χ4v) is 3.07. The van der Waals surface area contributed by atoms with Crippen LogP contribution >= 0.6 is 23.5 Å². The van der Waals surface area contributed by atoms with Gasteiger partial charge in [0.1, 0.15) is 0 Å². The van der Waals surface area contributed by atoms with Gasteiger partial charge >= 0.3 is 0 Å². The van der Waals surface area contributed by atoms with Crippen LogP contribution in [0.5, 0.6) is 0 Å². The zero-order valence-corrected chi connectivity index (χ0v) is 10.9. The van der Waals surface area contributed by atoms with Crippen LogP contribution in [-0.4, -0.2) is 67.7 Å². The van der Waals surface area contributed by atoms with E-state index in [4.69, 9.17) is 0 Å². The average molecular weight is 222 g/mol. The smallest absolute Gasteiger partial charge is 0.0393 e. The van der Waals surface area contributed by atoms with Gasteiger partial charge in [-0.2, -0.15) is 0 Å². The molecule has 0 atom stereocenters. The Morgan fingerprint density at radius 3 is 1.46 bits per heavy atom. The quantitative estimate of drug-likeness (QED) is 0.454. The number of hydrogen-bond acceptors (Lipinski definition) is 4. The van der Waals surface area contributed by atoms with Crippen LogP contribution in [0.4, 0.5) is 0 Å². The summed E-state index contributed by atoms with van der Waals surface area (Å²) in [4.78, 5) is 4.47. The molecule has 0 saturated heterocycles. The molecule has 0 aromatic heterocycles. The molecule has 0 aliphatic rings. The highest BCUT2D eigenvalue weighted by molar-refractivity contribution is 8.15. The molecular weight excluding hydrogens is 200 g/mol. The first-order valence-electron chi connectivity index (χ1n) is 4.58. The van der Waals surface area contributed by atoms with Crippen molar-refractivity contribution in [2.24, 2.45) is 0 Å². The second kappa shape index (κ2) is 9.19. The molecular formula is C9H22N2S2. The summed E-state index contributed by atoms with van der Waals surface area (Å²) in [6.07, 6.45) is 0. The van der Waals surface area contributed by atoms with Crippen LogP contribution in [0.15, 0.2) is 0 Å². The monoisotopic (exact) mass is 222 g/mol. The SMILES string of the molecule is CN(C)CCSCSCCN(C)C. The van der Waals surface area contributed by atoms with Gasteiger partial charge in [-0.05, 0) is 28.2 Å². The first kappa shape index (κ1) is 13.6. The first-order chi connectivity index (χ1) is 6.13. The number of hydrogen-bond donors (Lipinski definition) is 0. The fraction of sp³-hybridized carbons (Fsp3) is 1.00. The standard InChI is InChI=1S/C9H22N2S2/c1-10(2)5-7-12-9-13-8-6-11(3)4/h5-9H2,1-4H3. The third-order valence-corrected chi connectivity index (χ3v) is 3.81. The van der Waals surface area contributed by atoms with E-state index in [-0.39, 0.29) is 0 Å². The summed E-state index contributed by atoms with van der Waals surface area (Å²) in [6, 6.07) is 0. The van der Waals surface area contributed by atoms with Crippen LogP contribution in [-0.2, 0) is 0 Å². The molecule has 0 aliphatic carbocycles. The van der Waals surface area contributed by atoms with E-state index in [0.717, 1.165) is 0 Å². The Morgan fingerprint density at radius 1 is 0.769 bits per heavy atom. The largest absolute Gasteiger partial charge is 0.309 e. The van der Waals surface area contributed by atoms with Gasteiger partial charge in [-0.1, -0.05) is 0 Å². The topological polar surface area (TPSA) is 6.48 Å². The maximum Gasteiger partial charge on any atom is 0.0393 e. The van der Waals surface area contributed by atoms with Crippen molar-refractivity contribution in [3.05, 3.63) is 0 Å². The number of thioether (sulfide) groups is 2. The second-order valence-electron chi connectivity index (χ2n) is 3.54. The van der Waals surface area contributed by atoms with Gasteiger partial charge in [0, 0.05) is 29.7 Å². The van der Waals surface area contributed by atoms with Gasteiger partial charge in [-0.3, -0.25) is 0 Å². The molecule has 2 nitrogen and oxygen atoms in total. The molecule has 13 heavy (non-hydrogen) atoms. The highest BCUT2D eigenvalue weighted by Crippen LogP contribution is 2.11. The van der Waals surface area contributed by atoms with E-state index in [0.29, 0.717) is 0 Å². The summed E-state index contributed by atoms with van der Waals surface area (Å²) in [5, 5.41) is 1.24. The second-order valence-corrected chi connectivity index (χ2v) is 6.12. The van der Waals surface area contributed by atoms with Crippen LogP contribution in [0.3, 0.4) is 0 Å². The van der Waals surface area contributed by atoms with E-state index in [1.54, 1.807) is 0 Å². The van der Waals surface area contributed by atoms with Crippen molar-refractivity contribution < 1.29 is 0 Å². The van der Waals surface area contributed by atoms with E-state index >= 15 is 0 Å². The summed E-state index contributed by atoms with van der Waals surface area (Å²) in [6.45, 7) is 2.39. The van der Waals surface area contributed by atoms with Crippen LogP contribution in [0.2, 0.25) is 0 Å². The van der Waals surface area contributed by atoms with Crippen molar-refractivity contribution in [2.45, 2.75) is 0 Å². The van der Waals surface area contributed by atoms with Gasteiger partial charge in [-0.25, -0.2) is 0 Å². The lowest BCUT2D eigenvalue weighted by Gasteiger charge is -2.10. The minimum atomic E-state index is 1.19. The molecule has 0 amide bonds. The van der Waals surface area contributed by atoms with Crippen molar-refractivity contribution in [1.29, 1.82) is 0 Å². The van der Waals surface area contributed by atoms with Crippen molar-refractivity contribution in [3.8, 4) is 0 Å². The van der Waals surface area contributed by atoms with Crippen molar-refractivity contribution in [1.82, 2.24) is 9.80 Å².